The molecule has 0 bridgehead atoms. The monoisotopic (exact) mass is 294 g/mol. The van der Waals surface area contributed by atoms with Crippen LogP contribution in [0, 0.1) is 0 Å². The van der Waals surface area contributed by atoms with E-state index >= 15 is 0 Å². The Balaban J connectivity index is 2.76. The molecule has 5 nitrogen and oxygen atoms in total. The normalized spacial score (nSPS) is 12.1. The molecule has 118 valence electrons. The van der Waals surface area contributed by atoms with Crippen LogP contribution in [0.15, 0.2) is 18.2 Å². The first-order chi connectivity index (χ1) is 9.97. The Bertz CT molecular complexity index is 461. The number of hydrogen-bond donors (Lipinski definition) is 2. The molecule has 0 saturated carbocycles. The first-order valence-corrected chi connectivity index (χ1v) is 7.26. The fourth-order valence-electron chi connectivity index (χ4n) is 1.94. The molecule has 0 aliphatic heterocycles. The fraction of sp³-hybridized carbons (Fsp3) is 0.562. The van der Waals surface area contributed by atoms with Crippen molar-refractivity contribution in [3.05, 3.63) is 23.8 Å². The highest BCUT2D eigenvalue weighted by Gasteiger charge is 2.13. The van der Waals surface area contributed by atoms with E-state index in [1.807, 2.05) is 46.0 Å². The summed E-state index contributed by atoms with van der Waals surface area (Å²) < 4.78 is 11.0. The molecule has 0 fully saturated rings. The molecule has 0 aliphatic rings. The Labute approximate surface area is 127 Å². The lowest BCUT2D eigenvalue weighted by Gasteiger charge is -2.18. The van der Waals surface area contributed by atoms with Gasteiger partial charge in [0.2, 0.25) is 5.91 Å². The van der Waals surface area contributed by atoms with Crippen LogP contribution < -0.4 is 20.1 Å². The Hall–Kier alpha value is -1.75. The zero-order valence-corrected chi connectivity index (χ0v) is 13.5. The first-order valence-electron chi connectivity index (χ1n) is 7.26. The Kier molecular flexibility index (Phi) is 7.02. The molecule has 0 aromatic heterocycles. The number of carbonyl (C=O) groups excluding carboxylic acids is 1. The van der Waals surface area contributed by atoms with E-state index in [2.05, 4.69) is 10.6 Å². The number of rotatable bonds is 8. The maximum absolute atomic E-state index is 11.7. The van der Waals surface area contributed by atoms with Crippen molar-refractivity contribution in [1.29, 1.82) is 0 Å². The predicted octanol–water partition coefficient (Wildman–Crippen LogP) is 2.27. The molecular formula is C16H26N2O3. The molecule has 1 unspecified atom stereocenters. The van der Waals surface area contributed by atoms with E-state index in [1.54, 1.807) is 7.11 Å². The van der Waals surface area contributed by atoms with E-state index < -0.39 is 0 Å². The van der Waals surface area contributed by atoms with Crippen LogP contribution in [0.4, 0.5) is 0 Å². The SMILES string of the molecule is CNCCC(=O)NC(C)c1ccc(OC(C)C)c(OC)c1. The largest absolute Gasteiger partial charge is 0.493 e. The minimum Gasteiger partial charge on any atom is -0.493 e. The quantitative estimate of drug-likeness (QED) is 0.772. The van der Waals surface area contributed by atoms with Crippen LogP contribution >= 0.6 is 0 Å². The third-order valence-electron chi connectivity index (χ3n) is 3.03. The molecule has 1 aromatic carbocycles. The van der Waals surface area contributed by atoms with Gasteiger partial charge in [-0.3, -0.25) is 4.79 Å². The highest BCUT2D eigenvalue weighted by atomic mass is 16.5. The van der Waals surface area contributed by atoms with Crippen LogP contribution in [0.1, 0.15) is 38.8 Å². The summed E-state index contributed by atoms with van der Waals surface area (Å²) >= 11 is 0. The van der Waals surface area contributed by atoms with Gasteiger partial charge in [0.1, 0.15) is 0 Å². The Morgan fingerprint density at radius 1 is 1.24 bits per heavy atom. The van der Waals surface area contributed by atoms with Gasteiger partial charge in [-0.2, -0.15) is 0 Å². The smallest absolute Gasteiger partial charge is 0.221 e. The summed E-state index contributed by atoms with van der Waals surface area (Å²) in [7, 11) is 3.44. The standard InChI is InChI=1S/C16H26N2O3/c1-11(2)21-14-7-6-13(10-15(14)20-5)12(3)18-16(19)8-9-17-4/h6-7,10-12,17H,8-9H2,1-5H3,(H,18,19). The minimum atomic E-state index is -0.0728. The van der Waals surface area contributed by atoms with Crippen LogP contribution in [0.2, 0.25) is 0 Å². The summed E-state index contributed by atoms with van der Waals surface area (Å²) in [6, 6.07) is 5.66. The summed E-state index contributed by atoms with van der Waals surface area (Å²) in [5, 5.41) is 5.93. The number of amides is 1. The van der Waals surface area contributed by atoms with Crippen LogP contribution in [0.5, 0.6) is 11.5 Å². The molecule has 2 N–H and O–H groups in total. The zero-order chi connectivity index (χ0) is 15.8. The van der Waals surface area contributed by atoms with Gasteiger partial charge in [-0.1, -0.05) is 6.07 Å². The lowest BCUT2D eigenvalue weighted by molar-refractivity contribution is -0.121. The van der Waals surface area contributed by atoms with Gasteiger partial charge in [-0.15, -0.1) is 0 Å². The first kappa shape index (κ1) is 17.3. The van der Waals surface area contributed by atoms with E-state index in [1.165, 1.54) is 0 Å². The number of benzene rings is 1. The van der Waals surface area contributed by atoms with E-state index in [9.17, 15) is 4.79 Å². The molecule has 0 aliphatic carbocycles. The van der Waals surface area contributed by atoms with Crippen LogP contribution in [-0.4, -0.2) is 32.7 Å². The maximum Gasteiger partial charge on any atom is 0.221 e. The van der Waals surface area contributed by atoms with Crippen molar-refractivity contribution in [2.24, 2.45) is 0 Å². The molecular weight excluding hydrogens is 268 g/mol. The highest BCUT2D eigenvalue weighted by Crippen LogP contribution is 2.31. The zero-order valence-electron chi connectivity index (χ0n) is 13.5. The molecule has 0 spiro atoms. The fourth-order valence-corrected chi connectivity index (χ4v) is 1.94. The van der Waals surface area contributed by atoms with Gasteiger partial charge in [-0.05, 0) is 45.5 Å². The van der Waals surface area contributed by atoms with Gasteiger partial charge in [0.05, 0.1) is 19.3 Å². The van der Waals surface area contributed by atoms with Gasteiger partial charge in [0.25, 0.3) is 0 Å². The number of methoxy groups -OCH3 is 1. The number of ether oxygens (including phenoxy) is 2. The van der Waals surface area contributed by atoms with Gasteiger partial charge >= 0.3 is 0 Å². The van der Waals surface area contributed by atoms with Gasteiger partial charge < -0.3 is 20.1 Å². The third kappa shape index (κ3) is 5.63. The van der Waals surface area contributed by atoms with Crippen molar-refractivity contribution in [2.75, 3.05) is 20.7 Å². The summed E-state index contributed by atoms with van der Waals surface area (Å²) in [4.78, 5) is 11.7. The Morgan fingerprint density at radius 2 is 1.95 bits per heavy atom. The lowest BCUT2D eigenvalue weighted by atomic mass is 10.1. The minimum absolute atomic E-state index is 0.0262. The molecule has 0 heterocycles. The molecule has 0 radical (unpaired) electrons. The van der Waals surface area contributed by atoms with Crippen LogP contribution in [0.25, 0.3) is 0 Å². The molecule has 1 amide bonds. The number of carbonyl (C=O) groups is 1. The van der Waals surface area contributed by atoms with Crippen molar-refractivity contribution in [3.8, 4) is 11.5 Å². The summed E-state index contributed by atoms with van der Waals surface area (Å²) in [6.45, 7) is 6.56. The van der Waals surface area contributed by atoms with Crippen LogP contribution in [-0.2, 0) is 4.79 Å². The van der Waals surface area contributed by atoms with Gasteiger partial charge in [0.15, 0.2) is 11.5 Å². The predicted molar refractivity (Wildman–Crippen MR) is 83.9 cm³/mol. The number of nitrogens with one attached hydrogen (secondary N) is 2. The topological polar surface area (TPSA) is 59.6 Å². The van der Waals surface area contributed by atoms with Gasteiger partial charge in [0, 0.05) is 13.0 Å². The van der Waals surface area contributed by atoms with E-state index in [4.69, 9.17) is 9.47 Å². The second-order valence-electron chi connectivity index (χ2n) is 5.22. The summed E-state index contributed by atoms with van der Waals surface area (Å²) in [6.07, 6.45) is 0.551. The lowest BCUT2D eigenvalue weighted by Crippen LogP contribution is -2.29. The molecule has 1 atom stereocenters. The molecule has 5 heteroatoms. The molecule has 21 heavy (non-hydrogen) atoms. The maximum atomic E-state index is 11.7. The van der Waals surface area contributed by atoms with E-state index in [-0.39, 0.29) is 18.1 Å². The van der Waals surface area contributed by atoms with E-state index in [0.717, 1.165) is 5.56 Å². The van der Waals surface area contributed by atoms with Crippen molar-refractivity contribution < 1.29 is 14.3 Å². The van der Waals surface area contributed by atoms with Crippen molar-refractivity contribution in [2.45, 2.75) is 39.3 Å². The third-order valence-corrected chi connectivity index (χ3v) is 3.03. The second-order valence-corrected chi connectivity index (χ2v) is 5.22. The average Bonchev–Trinajstić information content (AvgIpc) is 2.44. The van der Waals surface area contributed by atoms with Crippen molar-refractivity contribution in [1.82, 2.24) is 10.6 Å². The van der Waals surface area contributed by atoms with Crippen LogP contribution in [0.3, 0.4) is 0 Å². The number of hydrogen-bond acceptors (Lipinski definition) is 4. The van der Waals surface area contributed by atoms with Crippen molar-refractivity contribution >= 4 is 5.91 Å². The second kappa shape index (κ2) is 8.52. The van der Waals surface area contributed by atoms with Gasteiger partial charge in [-0.25, -0.2) is 0 Å². The summed E-state index contributed by atoms with van der Waals surface area (Å²) in [5.74, 6) is 1.42. The summed E-state index contributed by atoms with van der Waals surface area (Å²) in [5.41, 5.74) is 0.987. The highest BCUT2D eigenvalue weighted by molar-refractivity contribution is 5.76. The Morgan fingerprint density at radius 3 is 2.52 bits per heavy atom. The molecule has 0 saturated heterocycles. The van der Waals surface area contributed by atoms with Crippen molar-refractivity contribution in [3.63, 3.8) is 0 Å². The average molecular weight is 294 g/mol. The van der Waals surface area contributed by atoms with E-state index in [0.29, 0.717) is 24.5 Å². The molecule has 1 rings (SSSR count). The molecule has 1 aromatic rings.